The van der Waals surface area contributed by atoms with Crippen molar-refractivity contribution < 1.29 is 13.6 Å². The number of rotatable bonds is 5. The maximum Gasteiger partial charge on any atom is 0.264 e. The molecule has 0 saturated carbocycles. The predicted molar refractivity (Wildman–Crippen MR) is 97.9 cm³/mol. The van der Waals surface area contributed by atoms with Gasteiger partial charge in [0.25, 0.3) is 6.43 Å². The quantitative estimate of drug-likeness (QED) is 0.736. The molecule has 3 rings (SSSR count). The van der Waals surface area contributed by atoms with Crippen LogP contribution in [0, 0.1) is 20.8 Å². The Kier molecular flexibility index (Phi) is 4.95. The summed E-state index contributed by atoms with van der Waals surface area (Å²) in [5, 5.41) is 11.7. The molecule has 0 aliphatic carbocycles. The van der Waals surface area contributed by atoms with E-state index in [9.17, 15) is 13.6 Å². The van der Waals surface area contributed by atoms with Gasteiger partial charge < -0.3 is 5.32 Å². The first kappa shape index (κ1) is 18.9. The molecule has 1 amide bonds. The van der Waals surface area contributed by atoms with Gasteiger partial charge >= 0.3 is 0 Å². The van der Waals surface area contributed by atoms with Gasteiger partial charge in [-0.1, -0.05) is 0 Å². The number of anilines is 1. The molecule has 0 aromatic carbocycles. The van der Waals surface area contributed by atoms with Crippen LogP contribution in [-0.4, -0.2) is 30.5 Å². The van der Waals surface area contributed by atoms with Crippen LogP contribution < -0.4 is 5.32 Å². The number of halogens is 2. The molecule has 144 valence electrons. The smallest absolute Gasteiger partial charge is 0.264 e. The Bertz CT molecular complexity index is 1010. The summed E-state index contributed by atoms with van der Waals surface area (Å²) >= 11 is 0. The molecule has 1 N–H and O–H groups in total. The van der Waals surface area contributed by atoms with Crippen LogP contribution in [0.5, 0.6) is 0 Å². The van der Waals surface area contributed by atoms with E-state index in [-0.39, 0.29) is 29.7 Å². The topological polar surface area (TPSA) is 77.6 Å². The molecule has 7 nitrogen and oxygen atoms in total. The van der Waals surface area contributed by atoms with Crippen molar-refractivity contribution in [3.63, 3.8) is 0 Å². The Balaban J connectivity index is 1.92. The van der Waals surface area contributed by atoms with Gasteiger partial charge in [0.15, 0.2) is 5.65 Å². The highest BCUT2D eigenvalue weighted by atomic mass is 19.3. The summed E-state index contributed by atoms with van der Waals surface area (Å²) in [6.45, 7) is 8.91. The molecule has 0 atom stereocenters. The Morgan fingerprint density at radius 2 is 1.85 bits per heavy atom. The molecule has 0 saturated heterocycles. The number of alkyl halides is 2. The standard InChI is InChI=1S/C18H22F2N6O/c1-9(2)26-14(7-11(4)23-26)22-15(27)8-25-18-16(12(5)24-25)13(17(19)20)6-10(3)21-18/h6-7,9,17H,8H2,1-5H3,(H,22,27). The highest BCUT2D eigenvalue weighted by molar-refractivity contribution is 5.91. The van der Waals surface area contributed by atoms with E-state index in [1.165, 1.54) is 10.7 Å². The minimum atomic E-state index is -2.64. The zero-order chi connectivity index (χ0) is 19.9. The van der Waals surface area contributed by atoms with E-state index in [2.05, 4.69) is 20.5 Å². The highest BCUT2D eigenvalue weighted by Crippen LogP contribution is 2.30. The third kappa shape index (κ3) is 3.67. The van der Waals surface area contributed by atoms with Gasteiger partial charge in [0.05, 0.1) is 16.8 Å². The number of hydrogen-bond acceptors (Lipinski definition) is 4. The van der Waals surface area contributed by atoms with Crippen LogP contribution >= 0.6 is 0 Å². The van der Waals surface area contributed by atoms with Crippen molar-refractivity contribution in [3.05, 3.63) is 34.8 Å². The molecule has 0 bridgehead atoms. The van der Waals surface area contributed by atoms with Crippen LogP contribution in [0.4, 0.5) is 14.6 Å². The first-order valence-electron chi connectivity index (χ1n) is 8.66. The molecule has 3 heterocycles. The number of hydrogen-bond donors (Lipinski definition) is 1. The number of aryl methyl sites for hydroxylation is 3. The summed E-state index contributed by atoms with van der Waals surface area (Å²) in [7, 11) is 0. The summed E-state index contributed by atoms with van der Waals surface area (Å²) in [5.74, 6) is 0.251. The molecule has 0 aliphatic rings. The van der Waals surface area contributed by atoms with Crippen molar-refractivity contribution in [2.75, 3.05) is 5.32 Å². The van der Waals surface area contributed by atoms with Crippen molar-refractivity contribution >= 4 is 22.8 Å². The van der Waals surface area contributed by atoms with Gasteiger partial charge in [-0.15, -0.1) is 0 Å². The molecule has 0 radical (unpaired) electrons. The maximum absolute atomic E-state index is 13.4. The number of nitrogens with one attached hydrogen (secondary N) is 1. The lowest BCUT2D eigenvalue weighted by Gasteiger charge is -2.12. The zero-order valence-electron chi connectivity index (χ0n) is 15.9. The van der Waals surface area contributed by atoms with Gasteiger partial charge in [-0.3, -0.25) is 4.79 Å². The molecule has 0 spiro atoms. The van der Waals surface area contributed by atoms with Gasteiger partial charge in [0.1, 0.15) is 12.4 Å². The Labute approximate surface area is 155 Å². The number of carbonyl (C=O) groups is 1. The molecular formula is C18H22F2N6O. The lowest BCUT2D eigenvalue weighted by molar-refractivity contribution is -0.116. The second kappa shape index (κ2) is 7.05. The lowest BCUT2D eigenvalue weighted by Crippen LogP contribution is -2.22. The molecule has 27 heavy (non-hydrogen) atoms. The summed E-state index contributed by atoms with van der Waals surface area (Å²) < 4.78 is 29.9. The molecule has 0 aliphatic heterocycles. The Morgan fingerprint density at radius 3 is 2.48 bits per heavy atom. The number of pyridine rings is 1. The van der Waals surface area contributed by atoms with Crippen LogP contribution in [0.25, 0.3) is 11.0 Å². The number of carbonyl (C=O) groups excluding carboxylic acids is 1. The van der Waals surface area contributed by atoms with E-state index in [1.54, 1.807) is 24.6 Å². The number of aromatic nitrogens is 5. The van der Waals surface area contributed by atoms with Crippen LogP contribution in [0.2, 0.25) is 0 Å². The molecule has 9 heteroatoms. The largest absolute Gasteiger partial charge is 0.309 e. The van der Waals surface area contributed by atoms with Crippen molar-refractivity contribution in [1.29, 1.82) is 0 Å². The van der Waals surface area contributed by atoms with E-state index >= 15 is 0 Å². The van der Waals surface area contributed by atoms with E-state index in [0.29, 0.717) is 22.6 Å². The number of amides is 1. The number of nitrogens with zero attached hydrogens (tertiary/aromatic N) is 5. The van der Waals surface area contributed by atoms with E-state index in [0.717, 1.165) is 5.69 Å². The molecule has 3 aromatic heterocycles. The summed E-state index contributed by atoms with van der Waals surface area (Å²) in [5.41, 5.74) is 1.83. The van der Waals surface area contributed by atoms with Gasteiger partial charge in [0, 0.05) is 23.4 Å². The Morgan fingerprint density at radius 1 is 1.15 bits per heavy atom. The monoisotopic (exact) mass is 376 g/mol. The van der Waals surface area contributed by atoms with E-state index in [1.807, 2.05) is 20.8 Å². The van der Waals surface area contributed by atoms with Gasteiger partial charge in [-0.2, -0.15) is 10.2 Å². The summed E-state index contributed by atoms with van der Waals surface area (Å²) in [6.07, 6.45) is -2.64. The van der Waals surface area contributed by atoms with Crippen LogP contribution in [-0.2, 0) is 11.3 Å². The average Bonchev–Trinajstić information content (AvgIpc) is 3.07. The first-order valence-corrected chi connectivity index (χ1v) is 8.66. The van der Waals surface area contributed by atoms with Crippen LogP contribution in [0.1, 0.15) is 49.0 Å². The second-order valence-electron chi connectivity index (χ2n) is 6.85. The van der Waals surface area contributed by atoms with E-state index in [4.69, 9.17) is 0 Å². The molecule has 0 fully saturated rings. The maximum atomic E-state index is 13.4. The predicted octanol–water partition coefficient (Wildman–Crippen LogP) is 3.71. The fourth-order valence-electron chi connectivity index (χ4n) is 3.12. The third-order valence-corrected chi connectivity index (χ3v) is 4.18. The highest BCUT2D eigenvalue weighted by Gasteiger charge is 2.21. The van der Waals surface area contributed by atoms with Gasteiger partial charge in [-0.25, -0.2) is 23.1 Å². The van der Waals surface area contributed by atoms with E-state index < -0.39 is 6.43 Å². The Hall–Kier alpha value is -2.84. The van der Waals surface area contributed by atoms with Crippen molar-refractivity contribution in [3.8, 4) is 0 Å². The lowest BCUT2D eigenvalue weighted by atomic mass is 10.1. The van der Waals surface area contributed by atoms with Crippen LogP contribution in [0.15, 0.2) is 12.1 Å². The molecule has 0 unspecified atom stereocenters. The second-order valence-corrected chi connectivity index (χ2v) is 6.85. The SMILES string of the molecule is Cc1cc(C(F)F)c2c(C)nn(CC(=O)Nc3cc(C)nn3C(C)C)c2n1. The van der Waals surface area contributed by atoms with Crippen molar-refractivity contribution in [1.82, 2.24) is 24.5 Å². The first-order chi connectivity index (χ1) is 12.7. The minimum Gasteiger partial charge on any atom is -0.309 e. The fourth-order valence-corrected chi connectivity index (χ4v) is 3.12. The van der Waals surface area contributed by atoms with Crippen LogP contribution in [0.3, 0.4) is 0 Å². The van der Waals surface area contributed by atoms with Gasteiger partial charge in [-0.05, 0) is 40.7 Å². The number of fused-ring (bicyclic) bond motifs is 1. The van der Waals surface area contributed by atoms with Gasteiger partial charge in [0.2, 0.25) is 5.91 Å². The fraction of sp³-hybridized carbons (Fsp3) is 0.444. The normalized spacial score (nSPS) is 11.7. The summed E-state index contributed by atoms with van der Waals surface area (Å²) in [6, 6.07) is 3.22. The zero-order valence-corrected chi connectivity index (χ0v) is 15.9. The summed E-state index contributed by atoms with van der Waals surface area (Å²) in [4.78, 5) is 16.9. The average molecular weight is 376 g/mol. The third-order valence-electron chi connectivity index (χ3n) is 4.18. The minimum absolute atomic E-state index is 0.0831. The molecular weight excluding hydrogens is 354 g/mol. The van der Waals surface area contributed by atoms with Crippen molar-refractivity contribution in [2.45, 2.75) is 53.6 Å². The van der Waals surface area contributed by atoms with Crippen molar-refractivity contribution in [2.24, 2.45) is 0 Å². The molecule has 3 aromatic rings.